The zero-order chi connectivity index (χ0) is 33.6. The molecule has 48 heavy (non-hydrogen) atoms. The summed E-state index contributed by atoms with van der Waals surface area (Å²) in [6.07, 6.45) is 10.6. The molecule has 0 unspecified atom stereocenters. The third kappa shape index (κ3) is 8.02. The van der Waals surface area contributed by atoms with Crippen molar-refractivity contribution in [3.63, 3.8) is 0 Å². The standard InChI is InChI=1S/C38H51N5O5/c1-26(2)43-25-32(23-39-43)31-6-5-7-33(22-31)42(24-28-8-10-29(11-9-28)35-16-17-36(46-4)27(3)40-35)37(44)30-12-14-34(15-13-30)48-38(45)41-18-20-47-21-19-41/h5-7,16-17,22-23,25-26,28-30,34H,8-15,18-21,24H2,1-4H3. The van der Waals surface area contributed by atoms with Gasteiger partial charge < -0.3 is 24.0 Å². The van der Waals surface area contributed by atoms with E-state index in [0.717, 1.165) is 59.6 Å². The largest absolute Gasteiger partial charge is 0.495 e. The van der Waals surface area contributed by atoms with Gasteiger partial charge in [-0.25, -0.2) is 4.79 Å². The number of amides is 2. The Labute approximate surface area is 284 Å². The van der Waals surface area contributed by atoms with Gasteiger partial charge in [0.2, 0.25) is 5.91 Å². The van der Waals surface area contributed by atoms with E-state index in [9.17, 15) is 9.59 Å². The lowest BCUT2D eigenvalue weighted by molar-refractivity contribution is -0.124. The van der Waals surface area contributed by atoms with Crippen LogP contribution in [0.1, 0.15) is 88.6 Å². The number of anilines is 1. The van der Waals surface area contributed by atoms with Crippen LogP contribution in [0.4, 0.5) is 10.5 Å². The smallest absolute Gasteiger partial charge is 0.410 e. The Morgan fingerprint density at radius 1 is 0.979 bits per heavy atom. The Morgan fingerprint density at radius 2 is 1.73 bits per heavy atom. The van der Waals surface area contributed by atoms with E-state index in [2.05, 4.69) is 54.3 Å². The van der Waals surface area contributed by atoms with E-state index in [-0.39, 0.29) is 30.1 Å². The van der Waals surface area contributed by atoms with Gasteiger partial charge in [0.15, 0.2) is 0 Å². The minimum Gasteiger partial charge on any atom is -0.495 e. The van der Waals surface area contributed by atoms with Crippen molar-refractivity contribution in [2.75, 3.05) is 44.9 Å². The average molecular weight is 658 g/mol. The molecule has 2 saturated carbocycles. The molecule has 3 fully saturated rings. The van der Waals surface area contributed by atoms with E-state index in [4.69, 9.17) is 19.2 Å². The maximum Gasteiger partial charge on any atom is 0.410 e. The first-order valence-corrected chi connectivity index (χ1v) is 17.8. The number of morpholine rings is 1. The summed E-state index contributed by atoms with van der Waals surface area (Å²) >= 11 is 0. The van der Waals surface area contributed by atoms with E-state index in [1.165, 1.54) is 0 Å². The molecule has 2 amide bonds. The molecule has 2 aromatic heterocycles. The molecule has 1 aliphatic heterocycles. The summed E-state index contributed by atoms with van der Waals surface area (Å²) in [7, 11) is 1.68. The van der Waals surface area contributed by atoms with Gasteiger partial charge in [0.1, 0.15) is 11.9 Å². The SMILES string of the molecule is COc1ccc(C2CCC(CN(C(=O)C3CCC(OC(=O)N4CCOCC4)CC3)c3cccc(-c4cnn(C(C)C)c4)c3)CC2)nc1C. The van der Waals surface area contributed by atoms with Gasteiger partial charge in [0, 0.05) is 60.7 Å². The van der Waals surface area contributed by atoms with Crippen LogP contribution < -0.4 is 9.64 Å². The van der Waals surface area contributed by atoms with Crippen LogP contribution in [-0.2, 0) is 14.3 Å². The van der Waals surface area contributed by atoms with E-state index >= 15 is 0 Å². The van der Waals surface area contributed by atoms with Gasteiger partial charge in [0.25, 0.3) is 0 Å². The van der Waals surface area contributed by atoms with Gasteiger partial charge in [-0.05, 0) is 108 Å². The Balaban J connectivity index is 1.15. The van der Waals surface area contributed by atoms with Crippen molar-refractivity contribution in [2.45, 2.75) is 90.2 Å². The molecule has 258 valence electrons. The van der Waals surface area contributed by atoms with Crippen molar-refractivity contribution >= 4 is 17.7 Å². The summed E-state index contributed by atoms with van der Waals surface area (Å²) < 4.78 is 18.6. The zero-order valence-corrected chi connectivity index (χ0v) is 29.0. The van der Waals surface area contributed by atoms with E-state index < -0.39 is 0 Å². The molecule has 6 rings (SSSR count). The molecule has 0 spiro atoms. The molecular weight excluding hydrogens is 606 g/mol. The number of methoxy groups -OCH3 is 1. The molecule has 0 atom stereocenters. The third-order valence-electron chi connectivity index (χ3n) is 10.4. The van der Waals surface area contributed by atoms with Crippen molar-refractivity contribution < 1.29 is 23.8 Å². The lowest BCUT2D eigenvalue weighted by Gasteiger charge is -2.36. The molecule has 0 bridgehead atoms. The summed E-state index contributed by atoms with van der Waals surface area (Å²) in [5.41, 5.74) is 5.10. The number of carbonyl (C=O) groups excluding carboxylic acids is 2. The summed E-state index contributed by atoms with van der Waals surface area (Å²) in [6.45, 7) is 9.16. The van der Waals surface area contributed by atoms with Gasteiger partial charge in [0.05, 0.1) is 32.2 Å². The normalized spacial score (nSPS) is 23.1. The predicted octanol–water partition coefficient (Wildman–Crippen LogP) is 7.18. The highest BCUT2D eigenvalue weighted by Crippen LogP contribution is 2.38. The van der Waals surface area contributed by atoms with Gasteiger partial charge >= 0.3 is 6.09 Å². The molecule has 10 heteroatoms. The van der Waals surface area contributed by atoms with Crippen LogP contribution >= 0.6 is 0 Å². The number of hydrogen-bond acceptors (Lipinski definition) is 7. The van der Waals surface area contributed by atoms with Crippen molar-refractivity contribution in [1.29, 1.82) is 0 Å². The Bertz CT molecular complexity index is 1530. The molecule has 3 aliphatic rings. The number of aryl methyl sites for hydroxylation is 1. The van der Waals surface area contributed by atoms with Crippen molar-refractivity contribution in [2.24, 2.45) is 11.8 Å². The first-order valence-electron chi connectivity index (χ1n) is 17.8. The van der Waals surface area contributed by atoms with Gasteiger partial charge in [-0.1, -0.05) is 12.1 Å². The van der Waals surface area contributed by atoms with Crippen molar-refractivity contribution in [1.82, 2.24) is 19.7 Å². The quantitative estimate of drug-likeness (QED) is 0.240. The molecule has 3 aromatic rings. The lowest BCUT2D eigenvalue weighted by atomic mass is 9.79. The summed E-state index contributed by atoms with van der Waals surface area (Å²) in [6, 6.07) is 12.8. The van der Waals surface area contributed by atoms with E-state index in [1.807, 2.05) is 29.9 Å². The highest BCUT2D eigenvalue weighted by atomic mass is 16.6. The highest BCUT2D eigenvalue weighted by Gasteiger charge is 2.34. The first kappa shape index (κ1) is 34.0. The Kier molecular flexibility index (Phi) is 11.0. The number of rotatable bonds is 9. The average Bonchev–Trinajstić information content (AvgIpc) is 3.63. The number of benzene rings is 1. The maximum atomic E-state index is 14.4. The molecular formula is C38H51N5O5. The van der Waals surface area contributed by atoms with Crippen molar-refractivity contribution in [3.05, 3.63) is 60.2 Å². The maximum absolute atomic E-state index is 14.4. The fourth-order valence-corrected chi connectivity index (χ4v) is 7.47. The molecule has 10 nitrogen and oxygen atoms in total. The fraction of sp³-hybridized carbons (Fsp3) is 0.579. The molecule has 1 aromatic carbocycles. The minimum absolute atomic E-state index is 0.0986. The summed E-state index contributed by atoms with van der Waals surface area (Å²) in [5, 5.41) is 4.55. The Morgan fingerprint density at radius 3 is 2.40 bits per heavy atom. The van der Waals surface area contributed by atoms with E-state index in [0.29, 0.717) is 70.4 Å². The number of carbonyl (C=O) groups is 2. The topological polar surface area (TPSA) is 99.0 Å². The zero-order valence-electron chi connectivity index (χ0n) is 29.0. The lowest BCUT2D eigenvalue weighted by Crippen LogP contribution is -2.44. The predicted molar refractivity (Wildman–Crippen MR) is 185 cm³/mol. The van der Waals surface area contributed by atoms with Crippen LogP contribution in [0.2, 0.25) is 0 Å². The van der Waals surface area contributed by atoms with Crippen LogP contribution in [0.3, 0.4) is 0 Å². The fourth-order valence-electron chi connectivity index (χ4n) is 7.47. The van der Waals surface area contributed by atoms with Gasteiger partial charge in [-0.3, -0.25) is 14.5 Å². The second kappa shape index (κ2) is 15.5. The minimum atomic E-state index is -0.261. The number of pyridine rings is 1. The molecule has 0 radical (unpaired) electrons. The monoisotopic (exact) mass is 657 g/mol. The molecule has 2 aliphatic carbocycles. The number of aromatic nitrogens is 3. The number of ether oxygens (including phenoxy) is 3. The molecule has 1 saturated heterocycles. The third-order valence-corrected chi connectivity index (χ3v) is 10.4. The van der Waals surface area contributed by atoms with Crippen LogP contribution in [0, 0.1) is 18.8 Å². The summed E-state index contributed by atoms with van der Waals surface area (Å²) in [4.78, 5) is 35.8. The highest BCUT2D eigenvalue weighted by molar-refractivity contribution is 5.95. The first-order chi connectivity index (χ1) is 23.3. The van der Waals surface area contributed by atoms with Crippen LogP contribution in [0.15, 0.2) is 48.8 Å². The van der Waals surface area contributed by atoms with E-state index in [1.54, 1.807) is 12.0 Å². The number of hydrogen-bond donors (Lipinski definition) is 0. The van der Waals surface area contributed by atoms with Crippen molar-refractivity contribution in [3.8, 4) is 16.9 Å². The van der Waals surface area contributed by atoms with Crippen LogP contribution in [0.5, 0.6) is 5.75 Å². The van der Waals surface area contributed by atoms with Gasteiger partial charge in [-0.15, -0.1) is 0 Å². The summed E-state index contributed by atoms with van der Waals surface area (Å²) in [5.74, 6) is 1.73. The van der Waals surface area contributed by atoms with Crippen LogP contribution in [-0.4, -0.2) is 77.7 Å². The number of nitrogens with zero attached hydrogens (tertiary/aromatic N) is 5. The second-order valence-electron chi connectivity index (χ2n) is 14.0. The molecule has 0 N–H and O–H groups in total. The molecule has 3 heterocycles. The van der Waals surface area contributed by atoms with Gasteiger partial charge in [-0.2, -0.15) is 5.10 Å². The van der Waals surface area contributed by atoms with Crippen LogP contribution in [0.25, 0.3) is 11.1 Å². The Hall–Kier alpha value is -3.92. The second-order valence-corrected chi connectivity index (χ2v) is 14.0.